The highest BCUT2D eigenvalue weighted by atomic mass is 32.2. The van der Waals surface area contributed by atoms with Crippen molar-refractivity contribution in [3.05, 3.63) is 0 Å². The Kier molecular flexibility index (Phi) is 5.74. The minimum Gasteiger partial charge on any atom is -0.338 e. The Morgan fingerprint density at radius 1 is 1.37 bits per heavy atom. The van der Waals surface area contributed by atoms with Gasteiger partial charge in [0.25, 0.3) is 0 Å². The summed E-state index contributed by atoms with van der Waals surface area (Å²) in [7, 11) is -2.94. The molecule has 19 heavy (non-hydrogen) atoms. The number of nitrogens with zero attached hydrogens (tertiary/aromatic N) is 1. The van der Waals surface area contributed by atoms with Crippen LogP contribution in [0.4, 0.5) is 0 Å². The molecule has 0 radical (unpaired) electrons. The van der Waals surface area contributed by atoms with E-state index < -0.39 is 9.84 Å². The van der Waals surface area contributed by atoms with Crippen LogP contribution in [-0.4, -0.2) is 53.8 Å². The molecular formula is C13H25NO3S2. The molecule has 112 valence electrons. The molecule has 4 nitrogen and oxygen atoms in total. The zero-order chi connectivity index (χ0) is 14.7. The van der Waals surface area contributed by atoms with E-state index in [0.717, 1.165) is 6.42 Å². The standard InChI is InChI=1S/C13H25NO3S2/c1-5-7-14(11-6-8-19(16,17)10-11)12(15)9-18-13(2,3)4/h11H,5-10H2,1-4H3. The van der Waals surface area contributed by atoms with E-state index in [4.69, 9.17) is 0 Å². The van der Waals surface area contributed by atoms with E-state index in [1.165, 1.54) is 0 Å². The third-order valence-electron chi connectivity index (χ3n) is 3.06. The minimum absolute atomic E-state index is 0.0509. The first-order valence-electron chi connectivity index (χ1n) is 6.78. The lowest BCUT2D eigenvalue weighted by Gasteiger charge is -2.29. The second kappa shape index (κ2) is 6.48. The molecule has 1 aliphatic heterocycles. The zero-order valence-electron chi connectivity index (χ0n) is 12.3. The molecule has 0 saturated carbocycles. The second-order valence-electron chi connectivity index (χ2n) is 6.05. The summed E-state index contributed by atoms with van der Waals surface area (Å²) < 4.78 is 23.1. The van der Waals surface area contributed by atoms with E-state index in [1.807, 2.05) is 6.92 Å². The molecule has 1 amide bonds. The molecule has 1 fully saturated rings. The van der Waals surface area contributed by atoms with Crippen LogP contribution in [0.25, 0.3) is 0 Å². The molecule has 1 unspecified atom stereocenters. The summed E-state index contributed by atoms with van der Waals surface area (Å²) >= 11 is 1.61. The largest absolute Gasteiger partial charge is 0.338 e. The number of hydrogen-bond donors (Lipinski definition) is 0. The van der Waals surface area contributed by atoms with Crippen molar-refractivity contribution in [3.8, 4) is 0 Å². The van der Waals surface area contributed by atoms with Crippen LogP contribution in [0.3, 0.4) is 0 Å². The number of hydrogen-bond acceptors (Lipinski definition) is 4. The Morgan fingerprint density at radius 2 is 2.00 bits per heavy atom. The van der Waals surface area contributed by atoms with Crippen molar-refractivity contribution >= 4 is 27.5 Å². The molecule has 0 aromatic carbocycles. The number of rotatable bonds is 5. The smallest absolute Gasteiger partial charge is 0.232 e. The van der Waals surface area contributed by atoms with Gasteiger partial charge in [-0.25, -0.2) is 8.42 Å². The van der Waals surface area contributed by atoms with Crippen LogP contribution < -0.4 is 0 Å². The van der Waals surface area contributed by atoms with Crippen LogP contribution in [0.2, 0.25) is 0 Å². The van der Waals surface area contributed by atoms with Gasteiger partial charge in [-0.2, -0.15) is 0 Å². The van der Waals surface area contributed by atoms with E-state index >= 15 is 0 Å². The Morgan fingerprint density at radius 3 is 2.42 bits per heavy atom. The molecule has 1 saturated heterocycles. The predicted molar refractivity (Wildman–Crippen MR) is 81.3 cm³/mol. The van der Waals surface area contributed by atoms with Crippen molar-refractivity contribution in [1.29, 1.82) is 0 Å². The molecule has 1 heterocycles. The SMILES string of the molecule is CCCN(C(=O)CSC(C)(C)C)C1CCS(=O)(=O)C1. The summed E-state index contributed by atoms with van der Waals surface area (Å²) in [6, 6.07) is -0.113. The van der Waals surface area contributed by atoms with Crippen LogP contribution in [0.5, 0.6) is 0 Å². The first kappa shape index (κ1) is 16.8. The van der Waals surface area contributed by atoms with E-state index in [0.29, 0.717) is 18.7 Å². The van der Waals surface area contributed by atoms with Gasteiger partial charge in [-0.05, 0) is 12.8 Å². The molecule has 6 heteroatoms. The maximum atomic E-state index is 12.3. The highest BCUT2D eigenvalue weighted by Crippen LogP contribution is 2.25. The van der Waals surface area contributed by atoms with Gasteiger partial charge in [0.2, 0.25) is 5.91 Å². The second-order valence-corrected chi connectivity index (χ2v) is 10.1. The number of thioether (sulfide) groups is 1. The molecule has 1 atom stereocenters. The third-order valence-corrected chi connectivity index (χ3v) is 6.07. The molecule has 1 aliphatic rings. The van der Waals surface area contributed by atoms with Gasteiger partial charge >= 0.3 is 0 Å². The maximum absolute atomic E-state index is 12.3. The maximum Gasteiger partial charge on any atom is 0.232 e. The molecule has 1 rings (SSSR count). The van der Waals surface area contributed by atoms with E-state index in [2.05, 4.69) is 20.8 Å². The number of sulfone groups is 1. The highest BCUT2D eigenvalue weighted by molar-refractivity contribution is 8.01. The highest BCUT2D eigenvalue weighted by Gasteiger charge is 2.34. The lowest BCUT2D eigenvalue weighted by Crippen LogP contribution is -2.43. The molecule has 0 aliphatic carbocycles. The van der Waals surface area contributed by atoms with Gasteiger partial charge in [0.1, 0.15) is 0 Å². The van der Waals surface area contributed by atoms with Crippen LogP contribution in [0.15, 0.2) is 0 Å². The number of carbonyl (C=O) groups excluding carboxylic acids is 1. The van der Waals surface area contributed by atoms with Crippen molar-refractivity contribution in [2.45, 2.75) is 51.3 Å². The fraction of sp³-hybridized carbons (Fsp3) is 0.923. The van der Waals surface area contributed by atoms with Gasteiger partial charge < -0.3 is 4.90 Å². The molecular weight excluding hydrogens is 282 g/mol. The predicted octanol–water partition coefficient (Wildman–Crippen LogP) is 1.94. The first-order chi connectivity index (χ1) is 8.64. The quantitative estimate of drug-likeness (QED) is 0.779. The van der Waals surface area contributed by atoms with Gasteiger partial charge in [-0.1, -0.05) is 27.7 Å². The van der Waals surface area contributed by atoms with Crippen LogP contribution >= 0.6 is 11.8 Å². The number of carbonyl (C=O) groups is 1. The summed E-state index contributed by atoms with van der Waals surface area (Å²) in [6.07, 6.45) is 1.46. The Labute approximate surface area is 121 Å². The van der Waals surface area contributed by atoms with Crippen molar-refractivity contribution < 1.29 is 13.2 Å². The zero-order valence-corrected chi connectivity index (χ0v) is 13.9. The fourth-order valence-corrected chi connectivity index (χ4v) is 4.59. The van der Waals surface area contributed by atoms with Gasteiger partial charge in [0, 0.05) is 17.3 Å². The Balaban J connectivity index is 2.64. The lowest BCUT2D eigenvalue weighted by molar-refractivity contribution is -0.130. The van der Waals surface area contributed by atoms with E-state index in [-0.39, 0.29) is 28.2 Å². The summed E-state index contributed by atoms with van der Waals surface area (Å²) in [5.41, 5.74) is 0. The van der Waals surface area contributed by atoms with E-state index in [9.17, 15) is 13.2 Å². The Bertz CT molecular complexity index is 412. The van der Waals surface area contributed by atoms with E-state index in [1.54, 1.807) is 16.7 Å². The fourth-order valence-electron chi connectivity index (χ4n) is 2.13. The normalized spacial score (nSPS) is 22.4. The average Bonchev–Trinajstić information content (AvgIpc) is 2.62. The Hall–Kier alpha value is -0.230. The number of amides is 1. The summed E-state index contributed by atoms with van der Waals surface area (Å²) in [5.74, 6) is 0.861. The monoisotopic (exact) mass is 307 g/mol. The topological polar surface area (TPSA) is 54.5 Å². The van der Waals surface area contributed by atoms with Crippen LogP contribution in [-0.2, 0) is 14.6 Å². The summed E-state index contributed by atoms with van der Waals surface area (Å²) in [4.78, 5) is 14.1. The van der Waals surface area contributed by atoms with Gasteiger partial charge in [-0.15, -0.1) is 11.8 Å². The molecule has 0 N–H and O–H groups in total. The third kappa shape index (κ3) is 5.73. The van der Waals surface area contributed by atoms with Crippen molar-refractivity contribution in [3.63, 3.8) is 0 Å². The van der Waals surface area contributed by atoms with Gasteiger partial charge in [0.05, 0.1) is 17.3 Å². The average molecular weight is 307 g/mol. The van der Waals surface area contributed by atoms with Gasteiger partial charge in [0.15, 0.2) is 9.84 Å². The van der Waals surface area contributed by atoms with Crippen molar-refractivity contribution in [1.82, 2.24) is 4.90 Å². The summed E-state index contributed by atoms with van der Waals surface area (Å²) in [5, 5.41) is 0. The van der Waals surface area contributed by atoms with Gasteiger partial charge in [-0.3, -0.25) is 4.79 Å². The van der Waals surface area contributed by atoms with Crippen molar-refractivity contribution in [2.75, 3.05) is 23.8 Å². The van der Waals surface area contributed by atoms with Crippen molar-refractivity contribution in [2.24, 2.45) is 0 Å². The molecule has 0 aromatic heterocycles. The first-order valence-corrected chi connectivity index (χ1v) is 9.59. The molecule has 0 aromatic rings. The summed E-state index contributed by atoms with van der Waals surface area (Å²) in [6.45, 7) is 8.91. The molecule has 0 bridgehead atoms. The van der Waals surface area contributed by atoms with Crippen LogP contribution in [0, 0.1) is 0 Å². The van der Waals surface area contributed by atoms with Crippen LogP contribution in [0.1, 0.15) is 40.5 Å². The lowest BCUT2D eigenvalue weighted by atomic mass is 10.2. The molecule has 0 spiro atoms. The minimum atomic E-state index is -2.94.